The van der Waals surface area contributed by atoms with Crippen LogP contribution in [0.3, 0.4) is 0 Å². The van der Waals surface area contributed by atoms with E-state index in [2.05, 4.69) is 89.2 Å². The molecule has 2 aromatic rings. The van der Waals surface area contributed by atoms with Gasteiger partial charge in [-0.15, -0.1) is 0 Å². The molecule has 2 rings (SSSR count). The summed E-state index contributed by atoms with van der Waals surface area (Å²) < 4.78 is 3.28. The molecule has 136 valence electrons. The fraction of sp³-hybridized carbons (Fsp3) is 0.429. The molecule has 0 spiro atoms. The summed E-state index contributed by atoms with van der Waals surface area (Å²) in [5, 5.41) is 10.5. The second kappa shape index (κ2) is 8.13. The van der Waals surface area contributed by atoms with Crippen LogP contribution in [-0.4, -0.2) is 5.11 Å². The van der Waals surface area contributed by atoms with Crippen LogP contribution in [-0.2, 0) is 0 Å². The molecule has 0 aliphatic carbocycles. The van der Waals surface area contributed by atoms with Crippen molar-refractivity contribution in [2.24, 2.45) is 5.41 Å². The molecule has 0 aliphatic heterocycles. The molecule has 4 heteroatoms. The highest BCUT2D eigenvalue weighted by atomic mass is 79.9. The van der Waals surface area contributed by atoms with Crippen LogP contribution in [0.4, 0.5) is 0 Å². The molecule has 1 N–H and O–H groups in total. The summed E-state index contributed by atoms with van der Waals surface area (Å²) in [5.74, 6) is 0.294. The van der Waals surface area contributed by atoms with Gasteiger partial charge in [-0.3, -0.25) is 0 Å². The van der Waals surface area contributed by atoms with E-state index in [9.17, 15) is 5.11 Å². The first-order valence-corrected chi connectivity index (χ1v) is 10.4. The van der Waals surface area contributed by atoms with Crippen molar-refractivity contribution in [3.05, 3.63) is 52.6 Å². The Balaban J connectivity index is 2.78. The van der Waals surface area contributed by atoms with Gasteiger partial charge in [0.25, 0.3) is 0 Å². The van der Waals surface area contributed by atoms with Gasteiger partial charge in [0.15, 0.2) is 0 Å². The molecule has 2 nitrogen and oxygen atoms in total. The molecule has 0 fully saturated rings. The van der Waals surface area contributed by atoms with Crippen molar-refractivity contribution >= 4 is 31.9 Å². The van der Waals surface area contributed by atoms with E-state index in [1.54, 1.807) is 6.07 Å². The number of phenols is 1. The molecular weight excluding hydrogens is 442 g/mol. The quantitative estimate of drug-likeness (QED) is 0.291. The number of hydrogen-bond donors (Lipinski definition) is 1. The third-order valence-corrected chi connectivity index (χ3v) is 6.74. The fourth-order valence-electron chi connectivity index (χ4n) is 3.01. The molecule has 1 heterocycles. The third kappa shape index (κ3) is 4.40. The highest BCUT2D eigenvalue weighted by Gasteiger charge is 2.29. The predicted octanol–water partition coefficient (Wildman–Crippen LogP) is 6.79. The lowest BCUT2D eigenvalue weighted by Gasteiger charge is -2.32. The first kappa shape index (κ1) is 20.3. The maximum absolute atomic E-state index is 10.5. The lowest BCUT2D eigenvalue weighted by Crippen LogP contribution is -2.47. The Morgan fingerprint density at radius 2 is 1.76 bits per heavy atom. The molecule has 0 radical (unpaired) electrons. The number of halogens is 2. The zero-order chi connectivity index (χ0) is 18.8. The van der Waals surface area contributed by atoms with Crippen LogP contribution in [0.2, 0.25) is 0 Å². The molecule has 0 saturated carbocycles. The standard InChI is InChI=1S/C21H27Br2NO/c1-6-15(7-2)24-17(16-13-14(22)11-12-19(16)25)9-8-10-18(24)20(23)21(3,4)5/h8-13,20,25H,6-7H2,1-5H3. The van der Waals surface area contributed by atoms with E-state index in [1.165, 1.54) is 11.7 Å². The number of pyridine rings is 1. The summed E-state index contributed by atoms with van der Waals surface area (Å²) in [5.41, 5.74) is 3.14. The number of phenolic OH excluding ortho intramolecular Hbond substituents is 1. The van der Waals surface area contributed by atoms with Crippen molar-refractivity contribution in [2.75, 3.05) is 0 Å². The topological polar surface area (TPSA) is 24.1 Å². The summed E-state index contributed by atoms with van der Waals surface area (Å²) in [4.78, 5) is 0.197. The van der Waals surface area contributed by atoms with Crippen molar-refractivity contribution < 1.29 is 9.67 Å². The maximum Gasteiger partial charge on any atom is 0.117 e. The van der Waals surface area contributed by atoms with Gasteiger partial charge in [-0.2, -0.15) is 0 Å². The highest BCUT2D eigenvalue weighted by Crippen LogP contribution is 2.40. The van der Waals surface area contributed by atoms with Gasteiger partial charge in [0, 0.05) is 10.0 Å². The monoisotopic (exact) mass is 467 g/mol. The Bertz CT molecular complexity index is 733. The fourth-order valence-corrected chi connectivity index (χ4v) is 3.73. The number of alkyl halides is 1. The number of aromatic nitrogens is 1. The number of hydrogen-bond acceptors (Lipinski definition) is 1. The van der Waals surface area contributed by atoms with Crippen LogP contribution in [0.5, 0.6) is 5.75 Å². The minimum atomic E-state index is 0.0757. The van der Waals surface area contributed by atoms with Gasteiger partial charge in [0.1, 0.15) is 11.4 Å². The summed E-state index contributed by atoms with van der Waals surface area (Å²) in [7, 11) is 0. The van der Waals surface area contributed by atoms with E-state index in [4.69, 9.17) is 0 Å². The number of benzene rings is 1. The lowest BCUT2D eigenvalue weighted by molar-refractivity contribution is -0.657. The van der Waals surface area contributed by atoms with Crippen LogP contribution in [0.15, 0.2) is 40.9 Å². The minimum absolute atomic E-state index is 0.0757. The van der Waals surface area contributed by atoms with Crippen LogP contribution in [0, 0.1) is 11.5 Å². The van der Waals surface area contributed by atoms with Crippen molar-refractivity contribution in [1.29, 1.82) is 0 Å². The predicted molar refractivity (Wildman–Crippen MR) is 112 cm³/mol. The van der Waals surface area contributed by atoms with Gasteiger partial charge in [-0.1, -0.05) is 78.6 Å². The van der Waals surface area contributed by atoms with Crippen LogP contribution >= 0.6 is 31.9 Å². The molecule has 0 aliphatic rings. The van der Waals surface area contributed by atoms with Gasteiger partial charge in [0.2, 0.25) is 0 Å². The average Bonchev–Trinajstić information content (AvgIpc) is 2.57. The first-order valence-electron chi connectivity index (χ1n) is 8.73. The van der Waals surface area contributed by atoms with Crippen molar-refractivity contribution in [2.45, 2.75) is 52.3 Å². The smallest absolute Gasteiger partial charge is 0.117 e. The normalized spacial score (nSPS) is 12.9. The molecule has 0 bridgehead atoms. The molecule has 0 amide bonds. The highest BCUT2D eigenvalue weighted by molar-refractivity contribution is 9.10. The Morgan fingerprint density at radius 1 is 1.12 bits per heavy atom. The molecule has 1 unspecified atom stereocenters. The van der Waals surface area contributed by atoms with Crippen molar-refractivity contribution in [1.82, 2.24) is 0 Å². The summed E-state index contributed by atoms with van der Waals surface area (Å²) in [6, 6.07) is 13.2. The van der Waals surface area contributed by atoms with Gasteiger partial charge >= 0.3 is 0 Å². The second-order valence-corrected chi connectivity index (χ2v) is 9.17. The first-order chi connectivity index (χ1) is 11.7. The maximum atomic E-state index is 10.5. The molecule has 1 aromatic heterocycles. The molecule has 1 aromatic carbocycles. The number of rotatable bonds is 5. The van der Waals surface area contributed by atoms with Crippen molar-refractivity contribution in [3.8, 4) is 17.0 Å². The zero-order valence-corrected chi connectivity index (χ0v) is 18.8. The molecule has 0 saturated heterocycles. The van der Waals surface area contributed by atoms with E-state index in [0.717, 1.165) is 28.6 Å². The summed E-state index contributed by atoms with van der Waals surface area (Å²) >= 11 is 7.45. The third-order valence-electron chi connectivity index (χ3n) is 4.41. The Morgan fingerprint density at radius 3 is 2.32 bits per heavy atom. The zero-order valence-electron chi connectivity index (χ0n) is 15.6. The van der Waals surface area contributed by atoms with Gasteiger partial charge in [-0.05, 0) is 42.5 Å². The Kier molecular flexibility index (Phi) is 6.61. The SMILES string of the molecule is CC[C-](CC)[n+]1c(-c2cc(Br)ccc2O)cccc1C(Br)C(C)(C)C. The molecule has 25 heavy (non-hydrogen) atoms. The van der Waals surface area contributed by atoms with E-state index < -0.39 is 0 Å². The van der Waals surface area contributed by atoms with Crippen LogP contribution in [0.25, 0.3) is 11.3 Å². The number of nitrogens with zero attached hydrogens (tertiary/aromatic N) is 1. The second-order valence-electron chi connectivity index (χ2n) is 7.33. The van der Waals surface area contributed by atoms with Gasteiger partial charge in [-0.25, -0.2) is 0 Å². The number of aromatic hydroxyl groups is 1. The molecular formula is C21H27Br2NO. The van der Waals surface area contributed by atoms with Gasteiger partial charge < -0.3 is 9.67 Å². The summed E-state index contributed by atoms with van der Waals surface area (Å²) in [6.07, 6.45) is 1.92. The Hall–Kier alpha value is -1.00. The van der Waals surface area contributed by atoms with Gasteiger partial charge in [0.05, 0.1) is 16.6 Å². The minimum Gasteiger partial charge on any atom is -0.508 e. The van der Waals surface area contributed by atoms with Crippen molar-refractivity contribution in [3.63, 3.8) is 0 Å². The van der Waals surface area contributed by atoms with Crippen LogP contribution in [0.1, 0.15) is 58.0 Å². The summed E-state index contributed by atoms with van der Waals surface area (Å²) in [6.45, 7) is 11.1. The van der Waals surface area contributed by atoms with Crippen LogP contribution < -0.4 is 4.57 Å². The van der Waals surface area contributed by atoms with E-state index in [1.807, 2.05) is 12.1 Å². The largest absolute Gasteiger partial charge is 0.508 e. The average molecular weight is 469 g/mol. The van der Waals surface area contributed by atoms with E-state index >= 15 is 0 Å². The van der Waals surface area contributed by atoms with E-state index in [0.29, 0.717) is 5.75 Å². The Labute approximate surface area is 168 Å². The molecule has 1 atom stereocenters. The van der Waals surface area contributed by atoms with E-state index in [-0.39, 0.29) is 10.2 Å². The lowest BCUT2D eigenvalue weighted by atomic mass is 9.89.